The Kier molecular flexibility index (Phi) is 7.19. The third-order valence-corrected chi connectivity index (χ3v) is 2.51. The largest absolute Gasteiger partial charge is 1.00 e. The number of carbonyl (C=O) groups excluding carboxylic acids is 1. The normalized spacial score (nSPS) is 10.1. The summed E-state index contributed by atoms with van der Waals surface area (Å²) < 4.78 is 39.4. The van der Waals surface area contributed by atoms with Crippen molar-refractivity contribution < 1.29 is 58.2 Å². The number of benzene rings is 1. The summed E-state index contributed by atoms with van der Waals surface area (Å²) in [7, 11) is -4.25. The van der Waals surface area contributed by atoms with Gasteiger partial charge in [-0.3, -0.25) is 4.55 Å². The van der Waals surface area contributed by atoms with E-state index in [9.17, 15) is 13.2 Å². The van der Waals surface area contributed by atoms with Crippen LogP contribution in [0.3, 0.4) is 0 Å². The Morgan fingerprint density at radius 3 is 2.39 bits per heavy atom. The molecule has 0 unspecified atom stereocenters. The maximum absolute atomic E-state index is 11.0. The van der Waals surface area contributed by atoms with Gasteiger partial charge < -0.3 is 10.9 Å². The zero-order valence-corrected chi connectivity index (χ0v) is 12.5. The summed E-state index contributed by atoms with van der Waals surface area (Å²) in [5.41, 5.74) is 0. The molecule has 0 aliphatic carbocycles. The van der Waals surface area contributed by atoms with Crippen molar-refractivity contribution in [3.05, 3.63) is 36.9 Å². The van der Waals surface area contributed by atoms with E-state index >= 15 is 0 Å². The van der Waals surface area contributed by atoms with Gasteiger partial charge in [0.25, 0.3) is 10.1 Å². The number of hydrogen-bond acceptors (Lipinski definition) is 5. The van der Waals surface area contributed by atoms with Gasteiger partial charge in [0.05, 0.1) is 4.90 Å². The minimum Gasteiger partial charge on any atom is -1.00 e. The SMILES string of the molecule is C=CCOC(=O)Oc1ccc(S(=O)(=O)O)cc1.[H-].[Na+]. The summed E-state index contributed by atoms with van der Waals surface area (Å²) in [6.45, 7) is 3.37. The van der Waals surface area contributed by atoms with Crippen molar-refractivity contribution >= 4 is 16.3 Å². The average Bonchev–Trinajstić information content (AvgIpc) is 2.26. The van der Waals surface area contributed by atoms with E-state index in [0.717, 1.165) is 12.1 Å². The van der Waals surface area contributed by atoms with Crippen molar-refractivity contribution in [3.8, 4) is 5.75 Å². The summed E-state index contributed by atoms with van der Waals surface area (Å²) in [5.74, 6) is 0.103. The van der Waals surface area contributed by atoms with Gasteiger partial charge in [0.2, 0.25) is 0 Å². The Bertz CT molecular complexity index is 513. The molecule has 18 heavy (non-hydrogen) atoms. The standard InChI is InChI=1S/C10H10O6S.Na.H/c1-2-7-15-10(11)16-8-3-5-9(6-4-8)17(12,13)14;;/h2-6H,1,7H2,(H,12,13,14);;/q;+1;-1. The Balaban J connectivity index is 0. The summed E-state index contributed by atoms with van der Waals surface area (Å²) in [4.78, 5) is 10.7. The van der Waals surface area contributed by atoms with Gasteiger partial charge in [0.15, 0.2) is 0 Å². The van der Waals surface area contributed by atoms with Crippen LogP contribution in [0.4, 0.5) is 4.79 Å². The van der Waals surface area contributed by atoms with Crippen LogP contribution < -0.4 is 34.3 Å². The van der Waals surface area contributed by atoms with Crippen molar-refractivity contribution in [1.29, 1.82) is 0 Å². The number of rotatable bonds is 4. The first-order chi connectivity index (χ1) is 7.93. The molecule has 0 aromatic heterocycles. The molecule has 0 bridgehead atoms. The van der Waals surface area contributed by atoms with E-state index in [1.165, 1.54) is 18.2 Å². The molecule has 8 heteroatoms. The minimum absolute atomic E-state index is 0. The summed E-state index contributed by atoms with van der Waals surface area (Å²) in [5, 5.41) is 0. The van der Waals surface area contributed by atoms with Gasteiger partial charge in [-0.05, 0) is 24.3 Å². The molecule has 0 spiro atoms. The molecule has 1 aromatic rings. The summed E-state index contributed by atoms with van der Waals surface area (Å²) in [6.07, 6.45) is 0.451. The van der Waals surface area contributed by atoms with Gasteiger partial charge in [0.1, 0.15) is 12.4 Å². The average molecular weight is 282 g/mol. The second-order valence-electron chi connectivity index (χ2n) is 2.90. The molecular weight excluding hydrogens is 271 g/mol. The molecule has 0 aliphatic rings. The maximum Gasteiger partial charge on any atom is 1.00 e. The predicted molar refractivity (Wildman–Crippen MR) is 59.5 cm³/mol. The Morgan fingerprint density at radius 1 is 1.39 bits per heavy atom. The van der Waals surface area contributed by atoms with Crippen LogP contribution in [0, 0.1) is 0 Å². The van der Waals surface area contributed by atoms with Gasteiger partial charge in [-0.25, -0.2) is 4.79 Å². The van der Waals surface area contributed by atoms with E-state index in [4.69, 9.17) is 9.29 Å². The molecule has 0 amide bonds. The molecule has 0 saturated carbocycles. The van der Waals surface area contributed by atoms with Gasteiger partial charge in [-0.15, -0.1) is 0 Å². The smallest absolute Gasteiger partial charge is 1.00 e. The Hall–Kier alpha value is -0.860. The first kappa shape index (κ1) is 17.1. The van der Waals surface area contributed by atoms with E-state index in [0.29, 0.717) is 0 Å². The van der Waals surface area contributed by atoms with Crippen LogP contribution in [0.1, 0.15) is 1.43 Å². The predicted octanol–water partition coefficient (Wildman–Crippen LogP) is -1.25. The van der Waals surface area contributed by atoms with E-state index in [1.54, 1.807) is 0 Å². The van der Waals surface area contributed by atoms with Crippen LogP contribution in [0.15, 0.2) is 41.8 Å². The number of ether oxygens (including phenoxy) is 2. The molecule has 0 fully saturated rings. The van der Waals surface area contributed by atoms with Crippen LogP contribution >= 0.6 is 0 Å². The molecule has 0 heterocycles. The quantitative estimate of drug-likeness (QED) is 0.244. The van der Waals surface area contributed by atoms with E-state index in [1.807, 2.05) is 0 Å². The third kappa shape index (κ3) is 5.65. The monoisotopic (exact) mass is 282 g/mol. The number of carbonyl (C=O) groups is 1. The van der Waals surface area contributed by atoms with Crippen LogP contribution in [0.5, 0.6) is 5.75 Å². The van der Waals surface area contributed by atoms with Crippen LogP contribution in [-0.2, 0) is 14.9 Å². The fourth-order valence-electron chi connectivity index (χ4n) is 0.932. The first-order valence-electron chi connectivity index (χ1n) is 4.46. The molecule has 1 rings (SSSR count). The molecule has 0 aliphatic heterocycles. The van der Waals surface area contributed by atoms with Gasteiger partial charge >= 0.3 is 35.7 Å². The molecule has 6 nitrogen and oxygen atoms in total. The molecule has 0 atom stereocenters. The molecule has 0 radical (unpaired) electrons. The van der Waals surface area contributed by atoms with Crippen molar-refractivity contribution in [1.82, 2.24) is 0 Å². The summed E-state index contributed by atoms with van der Waals surface area (Å²) >= 11 is 0. The zero-order chi connectivity index (χ0) is 12.9. The molecular formula is C10H11NaO6S. The number of hydrogen-bond donors (Lipinski definition) is 1. The van der Waals surface area contributed by atoms with Gasteiger partial charge in [-0.2, -0.15) is 8.42 Å². The first-order valence-corrected chi connectivity index (χ1v) is 5.90. The van der Waals surface area contributed by atoms with Crippen LogP contribution in [-0.4, -0.2) is 25.7 Å². The molecule has 94 valence electrons. The fourth-order valence-corrected chi connectivity index (χ4v) is 1.41. The second kappa shape index (κ2) is 7.55. The van der Waals surface area contributed by atoms with Crippen LogP contribution in [0.25, 0.3) is 0 Å². The minimum atomic E-state index is -4.25. The zero-order valence-electron chi connectivity index (χ0n) is 10.7. The molecule has 1 N–H and O–H groups in total. The fraction of sp³-hybridized carbons (Fsp3) is 0.100. The van der Waals surface area contributed by atoms with Crippen molar-refractivity contribution in [2.75, 3.05) is 6.61 Å². The maximum atomic E-state index is 11.0. The molecule has 1 aromatic carbocycles. The van der Waals surface area contributed by atoms with Gasteiger partial charge in [0, 0.05) is 0 Å². The second-order valence-corrected chi connectivity index (χ2v) is 4.32. The Labute approximate surface area is 128 Å². The van der Waals surface area contributed by atoms with Crippen LogP contribution in [0.2, 0.25) is 0 Å². The van der Waals surface area contributed by atoms with Crippen molar-refractivity contribution in [3.63, 3.8) is 0 Å². The topological polar surface area (TPSA) is 89.9 Å². The van der Waals surface area contributed by atoms with Crippen molar-refractivity contribution in [2.24, 2.45) is 0 Å². The van der Waals surface area contributed by atoms with E-state index in [-0.39, 0.29) is 48.2 Å². The summed E-state index contributed by atoms with van der Waals surface area (Å²) in [6, 6.07) is 4.65. The molecule has 0 saturated heterocycles. The van der Waals surface area contributed by atoms with E-state index < -0.39 is 16.3 Å². The third-order valence-electron chi connectivity index (χ3n) is 1.64. The van der Waals surface area contributed by atoms with Crippen molar-refractivity contribution in [2.45, 2.75) is 4.90 Å². The van der Waals surface area contributed by atoms with E-state index in [2.05, 4.69) is 11.3 Å². The Morgan fingerprint density at radius 2 is 1.94 bits per heavy atom. The van der Waals surface area contributed by atoms with Gasteiger partial charge in [-0.1, -0.05) is 12.7 Å².